The van der Waals surface area contributed by atoms with Crippen LogP contribution in [0.15, 0.2) is 0 Å². The van der Waals surface area contributed by atoms with E-state index in [4.69, 9.17) is 5.11 Å². The second-order valence-electron chi connectivity index (χ2n) is 1.30. The third-order valence-electron chi connectivity index (χ3n) is 0.514. The van der Waals surface area contributed by atoms with Crippen LogP contribution in [0.1, 0.15) is 6.42 Å². The Balaban J connectivity index is 2.82. The van der Waals surface area contributed by atoms with Gasteiger partial charge in [-0.25, -0.2) is 4.79 Å². The maximum Gasteiger partial charge on any atom is 0.329 e. The molecule has 47 valence electrons. The van der Waals surface area contributed by atoms with Crippen LogP contribution in [0.4, 0.5) is 0 Å². The van der Waals surface area contributed by atoms with Crippen LogP contribution in [0.25, 0.3) is 0 Å². The van der Waals surface area contributed by atoms with E-state index in [-0.39, 0.29) is 6.61 Å². The SMILES string of the molecule is [CH2]CCOCC(=O)O. The van der Waals surface area contributed by atoms with Crippen molar-refractivity contribution in [1.29, 1.82) is 0 Å². The van der Waals surface area contributed by atoms with Gasteiger partial charge in [-0.1, -0.05) is 6.92 Å². The van der Waals surface area contributed by atoms with Gasteiger partial charge in [-0.3, -0.25) is 0 Å². The van der Waals surface area contributed by atoms with Gasteiger partial charge in [0.1, 0.15) is 6.61 Å². The molecule has 0 bridgehead atoms. The molecule has 1 N–H and O–H groups in total. The lowest BCUT2D eigenvalue weighted by Crippen LogP contribution is -2.06. The highest BCUT2D eigenvalue weighted by atomic mass is 16.5. The minimum atomic E-state index is -0.932. The van der Waals surface area contributed by atoms with E-state index < -0.39 is 5.97 Å². The van der Waals surface area contributed by atoms with Gasteiger partial charge in [-0.05, 0) is 6.42 Å². The highest BCUT2D eigenvalue weighted by Gasteiger charge is 1.92. The molecule has 0 heterocycles. The second kappa shape index (κ2) is 4.59. The van der Waals surface area contributed by atoms with E-state index in [1.54, 1.807) is 0 Å². The number of aliphatic carboxylic acids is 1. The molecule has 0 aliphatic heterocycles. The molecular formula is C5H9O3. The fourth-order valence-corrected chi connectivity index (χ4v) is 0.262. The fourth-order valence-electron chi connectivity index (χ4n) is 0.262. The molecule has 0 aliphatic carbocycles. The van der Waals surface area contributed by atoms with Crippen molar-refractivity contribution in [2.45, 2.75) is 6.42 Å². The Labute approximate surface area is 48.3 Å². The van der Waals surface area contributed by atoms with Crippen LogP contribution in [-0.4, -0.2) is 24.3 Å². The van der Waals surface area contributed by atoms with E-state index in [9.17, 15) is 4.79 Å². The van der Waals surface area contributed by atoms with Crippen molar-refractivity contribution >= 4 is 5.97 Å². The summed E-state index contributed by atoms with van der Waals surface area (Å²) in [6, 6.07) is 0. The molecule has 0 unspecified atom stereocenters. The summed E-state index contributed by atoms with van der Waals surface area (Å²) in [5.74, 6) is -0.932. The minimum Gasteiger partial charge on any atom is -0.480 e. The van der Waals surface area contributed by atoms with Gasteiger partial charge in [0.15, 0.2) is 0 Å². The molecule has 0 aromatic heterocycles. The van der Waals surface area contributed by atoms with Crippen molar-refractivity contribution in [2.24, 2.45) is 0 Å². The average molecular weight is 117 g/mol. The van der Waals surface area contributed by atoms with Crippen LogP contribution in [0.5, 0.6) is 0 Å². The monoisotopic (exact) mass is 117 g/mol. The summed E-state index contributed by atoms with van der Waals surface area (Å²) in [6.45, 7) is 3.67. The average Bonchev–Trinajstić information content (AvgIpc) is 1.66. The largest absolute Gasteiger partial charge is 0.480 e. The van der Waals surface area contributed by atoms with Crippen LogP contribution in [0.2, 0.25) is 0 Å². The maximum atomic E-state index is 9.73. The summed E-state index contributed by atoms with van der Waals surface area (Å²) in [7, 11) is 0. The van der Waals surface area contributed by atoms with Gasteiger partial charge >= 0.3 is 5.97 Å². The first-order chi connectivity index (χ1) is 3.77. The van der Waals surface area contributed by atoms with Crippen molar-refractivity contribution in [3.05, 3.63) is 6.92 Å². The molecule has 0 saturated heterocycles. The fraction of sp³-hybridized carbons (Fsp3) is 0.600. The van der Waals surface area contributed by atoms with Gasteiger partial charge in [0, 0.05) is 6.61 Å². The van der Waals surface area contributed by atoms with Gasteiger partial charge in [0.2, 0.25) is 0 Å². The molecule has 0 amide bonds. The zero-order valence-electron chi connectivity index (χ0n) is 4.59. The van der Waals surface area contributed by atoms with Crippen LogP contribution in [0, 0.1) is 6.92 Å². The molecule has 1 radical (unpaired) electrons. The molecule has 8 heavy (non-hydrogen) atoms. The van der Waals surface area contributed by atoms with Crippen molar-refractivity contribution in [3.8, 4) is 0 Å². The summed E-state index contributed by atoms with van der Waals surface area (Å²) in [4.78, 5) is 9.73. The third kappa shape index (κ3) is 5.43. The first-order valence-corrected chi connectivity index (χ1v) is 2.36. The summed E-state index contributed by atoms with van der Waals surface area (Å²) in [6.07, 6.45) is 0.618. The van der Waals surface area contributed by atoms with E-state index in [2.05, 4.69) is 11.7 Å². The highest BCUT2D eigenvalue weighted by molar-refractivity contribution is 5.67. The van der Waals surface area contributed by atoms with Gasteiger partial charge in [0.05, 0.1) is 0 Å². The lowest BCUT2D eigenvalue weighted by Gasteiger charge is -1.93. The number of hydrogen-bond donors (Lipinski definition) is 1. The van der Waals surface area contributed by atoms with Gasteiger partial charge in [-0.15, -0.1) is 0 Å². The molecule has 0 fully saturated rings. The molecule has 3 heteroatoms. The molecular weight excluding hydrogens is 108 g/mol. The van der Waals surface area contributed by atoms with Gasteiger partial charge < -0.3 is 9.84 Å². The first kappa shape index (κ1) is 7.43. The van der Waals surface area contributed by atoms with Crippen molar-refractivity contribution in [3.63, 3.8) is 0 Å². The number of carboxylic acid groups (broad SMARTS) is 1. The third-order valence-corrected chi connectivity index (χ3v) is 0.514. The lowest BCUT2D eigenvalue weighted by molar-refractivity contribution is -0.142. The Bertz CT molecular complexity index is 70.1. The smallest absolute Gasteiger partial charge is 0.329 e. The van der Waals surface area contributed by atoms with Crippen LogP contribution < -0.4 is 0 Å². The molecule has 0 atom stereocenters. The second-order valence-corrected chi connectivity index (χ2v) is 1.30. The Morgan fingerprint density at radius 3 is 2.75 bits per heavy atom. The molecule has 0 rings (SSSR count). The first-order valence-electron chi connectivity index (χ1n) is 2.36. The Morgan fingerprint density at radius 2 is 2.38 bits per heavy atom. The highest BCUT2D eigenvalue weighted by Crippen LogP contribution is 1.77. The summed E-state index contributed by atoms with van der Waals surface area (Å²) in [5.41, 5.74) is 0. The predicted octanol–water partition coefficient (Wildman–Crippen LogP) is 0.312. The summed E-state index contributed by atoms with van der Waals surface area (Å²) < 4.78 is 4.58. The van der Waals surface area contributed by atoms with E-state index >= 15 is 0 Å². The Hall–Kier alpha value is -0.570. The maximum absolute atomic E-state index is 9.73. The number of carbonyl (C=O) groups is 1. The van der Waals surface area contributed by atoms with E-state index in [1.807, 2.05) is 0 Å². The van der Waals surface area contributed by atoms with Crippen LogP contribution in [0.3, 0.4) is 0 Å². The zero-order chi connectivity index (χ0) is 6.41. The topological polar surface area (TPSA) is 46.5 Å². The van der Waals surface area contributed by atoms with E-state index in [0.29, 0.717) is 13.0 Å². The minimum absolute atomic E-state index is 0.213. The molecule has 0 spiro atoms. The zero-order valence-corrected chi connectivity index (χ0v) is 4.59. The normalized spacial score (nSPS) is 9.12. The van der Waals surface area contributed by atoms with Crippen LogP contribution >= 0.6 is 0 Å². The molecule has 3 nitrogen and oxygen atoms in total. The van der Waals surface area contributed by atoms with Crippen molar-refractivity contribution in [1.82, 2.24) is 0 Å². The predicted molar refractivity (Wildman–Crippen MR) is 28.4 cm³/mol. The van der Waals surface area contributed by atoms with Gasteiger partial charge in [-0.2, -0.15) is 0 Å². The number of carboxylic acids is 1. The van der Waals surface area contributed by atoms with Gasteiger partial charge in [0.25, 0.3) is 0 Å². The number of rotatable bonds is 4. The van der Waals surface area contributed by atoms with Crippen LogP contribution in [-0.2, 0) is 9.53 Å². The number of ether oxygens (including phenoxy) is 1. The molecule has 0 aliphatic rings. The molecule has 0 saturated carbocycles. The Morgan fingerprint density at radius 1 is 1.75 bits per heavy atom. The van der Waals surface area contributed by atoms with E-state index in [0.717, 1.165) is 0 Å². The lowest BCUT2D eigenvalue weighted by atomic mass is 10.5. The van der Waals surface area contributed by atoms with E-state index in [1.165, 1.54) is 0 Å². The Kier molecular flexibility index (Phi) is 4.26. The summed E-state index contributed by atoms with van der Waals surface area (Å²) in [5, 5.41) is 7.99. The summed E-state index contributed by atoms with van der Waals surface area (Å²) >= 11 is 0. The standard InChI is InChI=1S/C5H9O3/c1-2-3-8-4-5(6)7/h1-4H2,(H,6,7). The molecule has 0 aromatic carbocycles. The van der Waals surface area contributed by atoms with Crippen molar-refractivity contribution < 1.29 is 14.6 Å². The van der Waals surface area contributed by atoms with Crippen molar-refractivity contribution in [2.75, 3.05) is 13.2 Å². The number of hydrogen-bond acceptors (Lipinski definition) is 2. The quantitative estimate of drug-likeness (QED) is 0.539. The molecule has 0 aromatic rings.